The average molecular weight is 376 g/mol. The maximum atomic E-state index is 12.4. The van der Waals surface area contributed by atoms with Gasteiger partial charge in [0, 0.05) is 5.69 Å². The molecule has 0 bridgehead atoms. The molecule has 5 nitrogen and oxygen atoms in total. The van der Waals surface area contributed by atoms with Crippen LogP contribution in [0.4, 0.5) is 5.69 Å². The predicted octanol–water partition coefficient (Wildman–Crippen LogP) is 4.54. The fraction of sp³-hybridized carbons (Fsp3) is 0.304. The van der Waals surface area contributed by atoms with Gasteiger partial charge in [-0.2, -0.15) is 0 Å². The first-order chi connectivity index (χ1) is 13.6. The molecule has 4 rings (SSSR count). The number of fused-ring (bicyclic) bond motifs is 1. The number of hydrogen-bond donors (Lipinski definition) is 1. The van der Waals surface area contributed by atoms with Crippen LogP contribution in [0.15, 0.2) is 47.0 Å². The molecule has 28 heavy (non-hydrogen) atoms. The van der Waals surface area contributed by atoms with Crippen molar-refractivity contribution in [1.29, 1.82) is 0 Å². The fourth-order valence-corrected chi connectivity index (χ4v) is 3.61. The van der Waals surface area contributed by atoms with Crippen LogP contribution >= 0.6 is 0 Å². The third kappa shape index (κ3) is 4.09. The minimum Gasteiger partial charge on any atom is -0.489 e. The summed E-state index contributed by atoms with van der Waals surface area (Å²) in [5.74, 6) is 1.52. The highest BCUT2D eigenvalue weighted by molar-refractivity contribution is 5.92. The van der Waals surface area contributed by atoms with E-state index >= 15 is 0 Å². The molecule has 0 aliphatic heterocycles. The van der Waals surface area contributed by atoms with Gasteiger partial charge in [0.15, 0.2) is 0 Å². The van der Waals surface area contributed by atoms with Crippen LogP contribution in [-0.4, -0.2) is 11.1 Å². The van der Waals surface area contributed by atoms with E-state index in [0.717, 1.165) is 46.9 Å². The van der Waals surface area contributed by atoms with Crippen molar-refractivity contribution in [2.24, 2.45) is 0 Å². The van der Waals surface area contributed by atoms with E-state index < -0.39 is 0 Å². The lowest BCUT2D eigenvalue weighted by molar-refractivity contribution is -0.115. The first-order valence-corrected chi connectivity index (χ1v) is 9.63. The number of aryl methyl sites for hydroxylation is 4. The van der Waals surface area contributed by atoms with Crippen LogP contribution in [0.25, 0.3) is 0 Å². The molecule has 1 amide bonds. The van der Waals surface area contributed by atoms with E-state index in [4.69, 9.17) is 9.26 Å². The molecular formula is C23H24N2O3. The number of aromatic nitrogens is 1. The van der Waals surface area contributed by atoms with Gasteiger partial charge in [-0.3, -0.25) is 4.79 Å². The minimum atomic E-state index is -0.0117. The standard InChI is InChI=1S/C23H24N2O3/c1-15-22(16(2)28-25-15)14-27-21-10-6-17(7-11-21)12-23(26)24-20-9-8-18-4-3-5-19(18)13-20/h6-11,13H,3-5,12,14H2,1-2H3,(H,24,26). The van der Waals surface area contributed by atoms with E-state index in [1.54, 1.807) is 0 Å². The molecule has 144 valence electrons. The average Bonchev–Trinajstić information content (AvgIpc) is 3.27. The quantitative estimate of drug-likeness (QED) is 0.686. The first kappa shape index (κ1) is 18.3. The Morgan fingerprint density at radius 1 is 1.11 bits per heavy atom. The summed E-state index contributed by atoms with van der Waals surface area (Å²) in [7, 11) is 0. The summed E-state index contributed by atoms with van der Waals surface area (Å²) in [5, 5.41) is 6.93. The molecule has 1 heterocycles. The van der Waals surface area contributed by atoms with Gasteiger partial charge in [-0.15, -0.1) is 0 Å². The van der Waals surface area contributed by atoms with Gasteiger partial charge in [0.05, 0.1) is 17.7 Å². The lowest BCUT2D eigenvalue weighted by Gasteiger charge is -2.09. The number of carbonyl (C=O) groups excluding carboxylic acids is 1. The molecule has 2 aromatic carbocycles. The lowest BCUT2D eigenvalue weighted by Crippen LogP contribution is -2.14. The predicted molar refractivity (Wildman–Crippen MR) is 108 cm³/mol. The van der Waals surface area contributed by atoms with Crippen molar-refractivity contribution in [1.82, 2.24) is 5.16 Å². The number of nitrogens with one attached hydrogen (secondary N) is 1. The van der Waals surface area contributed by atoms with E-state index in [0.29, 0.717) is 13.0 Å². The van der Waals surface area contributed by atoms with Crippen molar-refractivity contribution in [2.75, 3.05) is 5.32 Å². The van der Waals surface area contributed by atoms with Crippen LogP contribution in [0.1, 0.15) is 40.1 Å². The van der Waals surface area contributed by atoms with Crippen LogP contribution in [-0.2, 0) is 30.7 Å². The molecule has 0 unspecified atom stereocenters. The van der Waals surface area contributed by atoms with E-state index in [1.807, 2.05) is 44.2 Å². The number of amides is 1. The van der Waals surface area contributed by atoms with E-state index in [1.165, 1.54) is 17.5 Å². The molecule has 0 radical (unpaired) electrons. The van der Waals surface area contributed by atoms with Crippen LogP contribution in [0.3, 0.4) is 0 Å². The summed E-state index contributed by atoms with van der Waals surface area (Å²) in [6.07, 6.45) is 3.79. The molecule has 1 aliphatic rings. The summed E-state index contributed by atoms with van der Waals surface area (Å²) in [5.41, 5.74) is 6.41. The van der Waals surface area contributed by atoms with Crippen molar-refractivity contribution in [3.8, 4) is 5.75 Å². The van der Waals surface area contributed by atoms with E-state index in [-0.39, 0.29) is 5.91 Å². The summed E-state index contributed by atoms with van der Waals surface area (Å²) in [6, 6.07) is 13.8. The Hall–Kier alpha value is -3.08. The lowest BCUT2D eigenvalue weighted by atomic mass is 10.1. The zero-order valence-electron chi connectivity index (χ0n) is 16.2. The van der Waals surface area contributed by atoms with Gasteiger partial charge in [0.1, 0.15) is 18.1 Å². The molecule has 0 fully saturated rings. The van der Waals surface area contributed by atoms with Crippen molar-refractivity contribution < 1.29 is 14.1 Å². The number of rotatable bonds is 6. The molecule has 5 heteroatoms. The largest absolute Gasteiger partial charge is 0.489 e. The molecule has 1 N–H and O–H groups in total. The highest BCUT2D eigenvalue weighted by Gasteiger charge is 2.12. The third-order valence-corrected chi connectivity index (χ3v) is 5.23. The van der Waals surface area contributed by atoms with Crippen molar-refractivity contribution in [2.45, 2.75) is 46.1 Å². The minimum absolute atomic E-state index is 0.0117. The molecule has 1 aliphatic carbocycles. The Morgan fingerprint density at radius 3 is 2.64 bits per heavy atom. The third-order valence-electron chi connectivity index (χ3n) is 5.23. The smallest absolute Gasteiger partial charge is 0.228 e. The van der Waals surface area contributed by atoms with Crippen LogP contribution in [0.2, 0.25) is 0 Å². The maximum Gasteiger partial charge on any atom is 0.228 e. The monoisotopic (exact) mass is 376 g/mol. The van der Waals surface area contributed by atoms with Gasteiger partial charge in [-0.1, -0.05) is 23.4 Å². The van der Waals surface area contributed by atoms with Crippen molar-refractivity contribution in [3.63, 3.8) is 0 Å². The Bertz CT molecular complexity index is 970. The normalized spacial score (nSPS) is 12.6. The molecule has 1 aromatic heterocycles. The van der Waals surface area contributed by atoms with Crippen LogP contribution < -0.4 is 10.1 Å². The second-order valence-electron chi connectivity index (χ2n) is 7.30. The number of carbonyl (C=O) groups is 1. The number of anilines is 1. The molecule has 0 spiro atoms. The first-order valence-electron chi connectivity index (χ1n) is 9.63. The maximum absolute atomic E-state index is 12.4. The Labute approximate surface area is 164 Å². The zero-order valence-corrected chi connectivity index (χ0v) is 16.2. The van der Waals surface area contributed by atoms with Gasteiger partial charge in [0.2, 0.25) is 5.91 Å². The number of hydrogen-bond acceptors (Lipinski definition) is 4. The second kappa shape index (κ2) is 7.89. The van der Waals surface area contributed by atoms with Gasteiger partial charge >= 0.3 is 0 Å². The number of ether oxygens (including phenoxy) is 1. The second-order valence-corrected chi connectivity index (χ2v) is 7.30. The summed E-state index contributed by atoms with van der Waals surface area (Å²) < 4.78 is 11.0. The highest BCUT2D eigenvalue weighted by Crippen LogP contribution is 2.25. The SMILES string of the molecule is Cc1noc(C)c1COc1ccc(CC(=O)Nc2ccc3c(c2)CCC3)cc1. The Kier molecular flexibility index (Phi) is 5.15. The van der Waals surface area contributed by atoms with Gasteiger partial charge in [-0.25, -0.2) is 0 Å². The van der Waals surface area contributed by atoms with Gasteiger partial charge in [0.25, 0.3) is 0 Å². The van der Waals surface area contributed by atoms with Crippen molar-refractivity contribution >= 4 is 11.6 Å². The molecule has 0 atom stereocenters. The summed E-state index contributed by atoms with van der Waals surface area (Å²) in [4.78, 5) is 12.4. The molecular weight excluding hydrogens is 352 g/mol. The summed E-state index contributed by atoms with van der Waals surface area (Å²) in [6.45, 7) is 4.19. The fourth-order valence-electron chi connectivity index (χ4n) is 3.61. The Balaban J connectivity index is 1.32. The van der Waals surface area contributed by atoms with E-state index in [2.05, 4.69) is 22.6 Å². The topological polar surface area (TPSA) is 64.4 Å². The summed E-state index contributed by atoms with van der Waals surface area (Å²) >= 11 is 0. The van der Waals surface area contributed by atoms with Crippen LogP contribution in [0.5, 0.6) is 5.75 Å². The Morgan fingerprint density at radius 2 is 1.89 bits per heavy atom. The van der Waals surface area contributed by atoms with Gasteiger partial charge in [-0.05, 0) is 74.1 Å². The number of benzene rings is 2. The number of nitrogens with zero attached hydrogens (tertiary/aromatic N) is 1. The zero-order chi connectivity index (χ0) is 19.5. The molecule has 3 aromatic rings. The van der Waals surface area contributed by atoms with E-state index in [9.17, 15) is 4.79 Å². The van der Waals surface area contributed by atoms with Crippen LogP contribution in [0, 0.1) is 13.8 Å². The molecule has 0 saturated carbocycles. The van der Waals surface area contributed by atoms with Gasteiger partial charge < -0.3 is 14.6 Å². The highest BCUT2D eigenvalue weighted by atomic mass is 16.5. The molecule has 0 saturated heterocycles. The van der Waals surface area contributed by atoms with Crippen molar-refractivity contribution in [3.05, 3.63) is 76.2 Å².